The van der Waals surface area contributed by atoms with Gasteiger partial charge in [-0.1, -0.05) is 11.6 Å². The molecule has 0 saturated heterocycles. The fourth-order valence-corrected chi connectivity index (χ4v) is 1.77. The van der Waals surface area contributed by atoms with Crippen LogP contribution in [0.2, 0.25) is 5.02 Å². The molecule has 2 heterocycles. The molecule has 0 radical (unpaired) electrons. The van der Waals surface area contributed by atoms with Gasteiger partial charge in [-0.25, -0.2) is 4.98 Å². The van der Waals surface area contributed by atoms with E-state index in [4.69, 9.17) is 16.3 Å². The van der Waals surface area contributed by atoms with Gasteiger partial charge in [0.2, 0.25) is 0 Å². The summed E-state index contributed by atoms with van der Waals surface area (Å²) in [6.07, 6.45) is 3.77. The Hall–Kier alpha value is -1.55. The van der Waals surface area contributed by atoms with Gasteiger partial charge in [0.25, 0.3) is 0 Å². The van der Waals surface area contributed by atoms with Crippen molar-refractivity contribution in [1.82, 2.24) is 9.38 Å². The van der Waals surface area contributed by atoms with E-state index in [1.54, 1.807) is 18.3 Å². The zero-order chi connectivity index (χ0) is 13.3. The van der Waals surface area contributed by atoms with Gasteiger partial charge in [0.05, 0.1) is 12.1 Å². The van der Waals surface area contributed by atoms with E-state index in [2.05, 4.69) is 4.98 Å². The summed E-state index contributed by atoms with van der Waals surface area (Å²) in [5.74, 6) is -0.281. The number of esters is 1. The number of fused-ring (bicyclic) bond motifs is 1. The summed E-state index contributed by atoms with van der Waals surface area (Å²) >= 11 is 5.88. The SMILES string of the molecule is CC(C)(C)OC(=O)Cc1cn2ccc(Cl)cc2n1. The van der Waals surface area contributed by atoms with Gasteiger partial charge in [0.1, 0.15) is 11.2 Å². The van der Waals surface area contributed by atoms with Crippen molar-refractivity contribution in [2.75, 3.05) is 0 Å². The van der Waals surface area contributed by atoms with Crippen LogP contribution < -0.4 is 0 Å². The van der Waals surface area contributed by atoms with Crippen molar-refractivity contribution >= 4 is 23.2 Å². The molecular formula is C13H15ClN2O2. The summed E-state index contributed by atoms with van der Waals surface area (Å²) in [6.45, 7) is 5.52. The minimum Gasteiger partial charge on any atom is -0.460 e. The predicted molar refractivity (Wildman–Crippen MR) is 69.8 cm³/mol. The maximum absolute atomic E-state index is 11.7. The van der Waals surface area contributed by atoms with Crippen molar-refractivity contribution in [2.45, 2.75) is 32.8 Å². The highest BCUT2D eigenvalue weighted by Crippen LogP contribution is 2.14. The second-order valence-electron chi connectivity index (χ2n) is 5.11. The van der Waals surface area contributed by atoms with Crippen LogP contribution >= 0.6 is 11.6 Å². The number of hydrogen-bond donors (Lipinski definition) is 0. The van der Waals surface area contributed by atoms with Gasteiger partial charge in [-0.05, 0) is 32.9 Å². The smallest absolute Gasteiger partial charge is 0.312 e. The number of nitrogens with zero attached hydrogens (tertiary/aromatic N) is 2. The molecule has 2 aromatic rings. The van der Waals surface area contributed by atoms with Crippen molar-refractivity contribution < 1.29 is 9.53 Å². The van der Waals surface area contributed by atoms with E-state index in [0.29, 0.717) is 10.7 Å². The third kappa shape index (κ3) is 3.23. The van der Waals surface area contributed by atoms with Crippen LogP contribution in [-0.4, -0.2) is 21.0 Å². The molecule has 0 aliphatic heterocycles. The van der Waals surface area contributed by atoms with Gasteiger partial charge in [-0.3, -0.25) is 4.79 Å². The van der Waals surface area contributed by atoms with Crippen LogP contribution in [0, 0.1) is 0 Å². The van der Waals surface area contributed by atoms with Gasteiger partial charge in [-0.15, -0.1) is 0 Å². The van der Waals surface area contributed by atoms with Crippen molar-refractivity contribution in [3.8, 4) is 0 Å². The molecule has 0 bridgehead atoms. The Bertz CT molecular complexity index is 584. The van der Waals surface area contributed by atoms with Crippen molar-refractivity contribution in [3.05, 3.63) is 35.2 Å². The molecule has 0 aromatic carbocycles. The van der Waals surface area contributed by atoms with Gasteiger partial charge in [0, 0.05) is 17.4 Å². The number of carbonyl (C=O) groups is 1. The Kier molecular flexibility index (Phi) is 3.30. The minimum absolute atomic E-state index is 0.163. The van der Waals surface area contributed by atoms with Crippen LogP contribution in [0.5, 0.6) is 0 Å². The molecular weight excluding hydrogens is 252 g/mol. The number of hydrogen-bond acceptors (Lipinski definition) is 3. The number of halogens is 1. The summed E-state index contributed by atoms with van der Waals surface area (Å²) < 4.78 is 7.07. The molecule has 0 N–H and O–H groups in total. The molecule has 18 heavy (non-hydrogen) atoms. The topological polar surface area (TPSA) is 43.6 Å². The van der Waals surface area contributed by atoms with E-state index in [1.165, 1.54) is 0 Å². The number of pyridine rings is 1. The largest absolute Gasteiger partial charge is 0.460 e. The number of carbonyl (C=O) groups excluding carboxylic acids is 1. The molecule has 5 heteroatoms. The van der Waals surface area contributed by atoms with Crippen LogP contribution in [0.1, 0.15) is 26.5 Å². The first kappa shape index (κ1) is 12.9. The third-order valence-electron chi connectivity index (χ3n) is 2.22. The van der Waals surface area contributed by atoms with Crippen LogP contribution in [0.15, 0.2) is 24.5 Å². The highest BCUT2D eigenvalue weighted by molar-refractivity contribution is 6.30. The first-order valence-electron chi connectivity index (χ1n) is 5.68. The third-order valence-corrected chi connectivity index (χ3v) is 2.45. The molecule has 0 aliphatic rings. The van der Waals surface area contributed by atoms with Crippen LogP contribution in [0.3, 0.4) is 0 Å². The molecule has 0 aliphatic carbocycles. The van der Waals surface area contributed by atoms with Gasteiger partial charge >= 0.3 is 5.97 Å². The van der Waals surface area contributed by atoms with Crippen molar-refractivity contribution in [1.29, 1.82) is 0 Å². The Labute approximate surface area is 111 Å². The van der Waals surface area contributed by atoms with Crippen molar-refractivity contribution in [2.24, 2.45) is 0 Å². The minimum atomic E-state index is -0.473. The summed E-state index contributed by atoms with van der Waals surface area (Å²) in [5, 5.41) is 0.622. The molecule has 0 fully saturated rings. The number of aromatic nitrogens is 2. The second-order valence-corrected chi connectivity index (χ2v) is 5.54. The van der Waals surface area contributed by atoms with E-state index in [1.807, 2.05) is 31.4 Å². The zero-order valence-electron chi connectivity index (χ0n) is 10.6. The number of ether oxygens (including phenoxy) is 1. The maximum atomic E-state index is 11.7. The quantitative estimate of drug-likeness (QED) is 0.785. The lowest BCUT2D eigenvalue weighted by molar-refractivity contribution is -0.153. The Morgan fingerprint density at radius 2 is 2.22 bits per heavy atom. The molecule has 2 rings (SSSR count). The normalized spacial score (nSPS) is 11.8. The van der Waals surface area contributed by atoms with Gasteiger partial charge in [-0.2, -0.15) is 0 Å². The highest BCUT2D eigenvalue weighted by Gasteiger charge is 2.17. The second kappa shape index (κ2) is 4.61. The maximum Gasteiger partial charge on any atom is 0.312 e. The lowest BCUT2D eigenvalue weighted by Gasteiger charge is -2.18. The Morgan fingerprint density at radius 1 is 1.50 bits per heavy atom. The van der Waals surface area contributed by atoms with E-state index in [-0.39, 0.29) is 12.4 Å². The first-order valence-corrected chi connectivity index (χ1v) is 6.06. The Morgan fingerprint density at radius 3 is 2.89 bits per heavy atom. The standard InChI is InChI=1S/C13H15ClN2O2/c1-13(2,3)18-12(17)7-10-8-16-5-4-9(14)6-11(16)15-10/h4-6,8H,7H2,1-3H3. The van der Waals surface area contributed by atoms with E-state index in [0.717, 1.165) is 5.65 Å². The predicted octanol–water partition coefficient (Wildman–Crippen LogP) is 2.87. The molecule has 96 valence electrons. The molecule has 4 nitrogen and oxygen atoms in total. The number of rotatable bonds is 2. The van der Waals surface area contributed by atoms with E-state index >= 15 is 0 Å². The average molecular weight is 267 g/mol. The van der Waals surface area contributed by atoms with Crippen LogP contribution in [0.4, 0.5) is 0 Å². The molecule has 0 saturated carbocycles. The fraction of sp³-hybridized carbons (Fsp3) is 0.385. The molecule has 0 unspecified atom stereocenters. The van der Waals surface area contributed by atoms with E-state index < -0.39 is 5.60 Å². The van der Waals surface area contributed by atoms with Crippen molar-refractivity contribution in [3.63, 3.8) is 0 Å². The monoisotopic (exact) mass is 266 g/mol. The molecule has 0 amide bonds. The summed E-state index contributed by atoms with van der Waals surface area (Å²) in [6, 6.07) is 3.52. The fourth-order valence-electron chi connectivity index (χ4n) is 1.62. The Balaban J connectivity index is 2.15. The number of imidazole rings is 1. The lowest BCUT2D eigenvalue weighted by atomic mass is 10.2. The van der Waals surface area contributed by atoms with Crippen LogP contribution in [-0.2, 0) is 16.0 Å². The summed E-state index contributed by atoms with van der Waals surface area (Å²) in [5.41, 5.74) is 0.923. The van der Waals surface area contributed by atoms with E-state index in [9.17, 15) is 4.79 Å². The average Bonchev–Trinajstić information content (AvgIpc) is 2.55. The lowest BCUT2D eigenvalue weighted by Crippen LogP contribution is -2.24. The molecule has 0 atom stereocenters. The zero-order valence-corrected chi connectivity index (χ0v) is 11.4. The first-order chi connectivity index (χ1) is 8.33. The summed E-state index contributed by atoms with van der Waals surface area (Å²) in [4.78, 5) is 16.0. The van der Waals surface area contributed by atoms with Gasteiger partial charge in [0.15, 0.2) is 0 Å². The van der Waals surface area contributed by atoms with Crippen LogP contribution in [0.25, 0.3) is 5.65 Å². The molecule has 2 aromatic heterocycles. The summed E-state index contributed by atoms with van der Waals surface area (Å²) in [7, 11) is 0. The highest BCUT2D eigenvalue weighted by atomic mass is 35.5. The molecule has 0 spiro atoms. The van der Waals surface area contributed by atoms with Gasteiger partial charge < -0.3 is 9.14 Å².